The number of alkyl halides is 1. The molecule has 3 aromatic carbocycles. The molecule has 0 saturated heterocycles. The number of hydrogen-bond acceptors (Lipinski definition) is 6. The van der Waals surface area contributed by atoms with Gasteiger partial charge in [0.15, 0.2) is 11.6 Å². The zero-order valence-corrected chi connectivity index (χ0v) is 18.2. The number of halogens is 3. The van der Waals surface area contributed by atoms with E-state index in [0.29, 0.717) is 22.4 Å². The van der Waals surface area contributed by atoms with Crippen LogP contribution in [0.4, 0.5) is 36.3 Å². The van der Waals surface area contributed by atoms with Crippen molar-refractivity contribution in [3.05, 3.63) is 95.7 Å². The molecule has 172 valence electrons. The number of nitriles is 2. The van der Waals surface area contributed by atoms with Crippen molar-refractivity contribution in [1.82, 2.24) is 9.97 Å². The van der Waals surface area contributed by atoms with E-state index in [2.05, 4.69) is 15.3 Å². The summed E-state index contributed by atoms with van der Waals surface area (Å²) in [5.74, 6) is -1.56. The van der Waals surface area contributed by atoms with Crippen molar-refractivity contribution >= 4 is 23.1 Å². The Morgan fingerprint density at radius 2 is 1.43 bits per heavy atom. The SMILES string of the molecule is N#Cc1ccc(Nc2nccc(N(CCF)c3c(F)cc(-c4ccc(C#N)cc4)cc3F)n2)cc1. The van der Waals surface area contributed by atoms with E-state index < -0.39 is 24.0 Å². The molecule has 0 bridgehead atoms. The summed E-state index contributed by atoms with van der Waals surface area (Å²) in [4.78, 5) is 9.51. The van der Waals surface area contributed by atoms with Crippen LogP contribution in [-0.4, -0.2) is 23.2 Å². The Balaban J connectivity index is 1.67. The summed E-state index contributed by atoms with van der Waals surface area (Å²) < 4.78 is 43.8. The maximum absolute atomic E-state index is 15.2. The first-order valence-electron chi connectivity index (χ1n) is 10.5. The number of hydrogen-bond donors (Lipinski definition) is 1. The number of rotatable bonds is 7. The van der Waals surface area contributed by atoms with Crippen LogP contribution in [0.2, 0.25) is 0 Å². The third kappa shape index (κ3) is 5.21. The number of nitrogens with zero attached hydrogens (tertiary/aromatic N) is 5. The second-order valence-corrected chi connectivity index (χ2v) is 7.37. The first kappa shape index (κ1) is 23.3. The number of benzene rings is 3. The molecule has 0 atom stereocenters. The van der Waals surface area contributed by atoms with Crippen LogP contribution >= 0.6 is 0 Å². The van der Waals surface area contributed by atoms with Gasteiger partial charge in [-0.2, -0.15) is 15.5 Å². The maximum atomic E-state index is 15.2. The van der Waals surface area contributed by atoms with E-state index in [0.717, 1.165) is 17.0 Å². The normalized spacial score (nSPS) is 10.3. The lowest BCUT2D eigenvalue weighted by molar-refractivity contribution is 0.494. The Morgan fingerprint density at radius 3 is 2.00 bits per heavy atom. The number of anilines is 4. The molecule has 9 heteroatoms. The third-order valence-corrected chi connectivity index (χ3v) is 5.13. The quantitative estimate of drug-likeness (QED) is 0.356. The Kier molecular flexibility index (Phi) is 6.89. The number of aromatic nitrogens is 2. The van der Waals surface area contributed by atoms with Crippen molar-refractivity contribution in [3.63, 3.8) is 0 Å². The Hall–Kier alpha value is -4.89. The molecule has 0 aliphatic heterocycles. The average Bonchev–Trinajstić information content (AvgIpc) is 2.88. The van der Waals surface area contributed by atoms with Gasteiger partial charge in [-0.05, 0) is 65.7 Å². The predicted molar refractivity (Wildman–Crippen MR) is 126 cm³/mol. The minimum absolute atomic E-state index is 0.0951. The third-order valence-electron chi connectivity index (χ3n) is 5.13. The average molecular weight is 470 g/mol. The minimum Gasteiger partial charge on any atom is -0.324 e. The van der Waals surface area contributed by atoms with Gasteiger partial charge >= 0.3 is 0 Å². The van der Waals surface area contributed by atoms with E-state index in [9.17, 15) is 4.39 Å². The molecule has 1 N–H and O–H groups in total. The Morgan fingerprint density at radius 1 is 0.829 bits per heavy atom. The van der Waals surface area contributed by atoms with Crippen LogP contribution in [-0.2, 0) is 0 Å². The molecule has 0 radical (unpaired) electrons. The van der Waals surface area contributed by atoms with E-state index in [1.54, 1.807) is 48.5 Å². The molecule has 0 aliphatic carbocycles. The fourth-order valence-corrected chi connectivity index (χ4v) is 3.47. The Labute approximate surface area is 199 Å². The van der Waals surface area contributed by atoms with E-state index in [1.807, 2.05) is 12.1 Å². The second-order valence-electron chi connectivity index (χ2n) is 7.37. The highest BCUT2D eigenvalue weighted by atomic mass is 19.1. The van der Waals surface area contributed by atoms with Crippen molar-refractivity contribution in [2.45, 2.75) is 0 Å². The van der Waals surface area contributed by atoms with Crippen LogP contribution in [0.1, 0.15) is 11.1 Å². The van der Waals surface area contributed by atoms with Crippen molar-refractivity contribution in [1.29, 1.82) is 10.5 Å². The fourth-order valence-electron chi connectivity index (χ4n) is 3.47. The molecule has 0 fully saturated rings. The van der Waals surface area contributed by atoms with Gasteiger partial charge < -0.3 is 10.2 Å². The molecule has 0 spiro atoms. The lowest BCUT2D eigenvalue weighted by Gasteiger charge is -2.24. The van der Waals surface area contributed by atoms with Crippen molar-refractivity contribution in [2.24, 2.45) is 0 Å². The largest absolute Gasteiger partial charge is 0.324 e. The molecule has 0 unspecified atom stereocenters. The zero-order valence-electron chi connectivity index (χ0n) is 18.2. The van der Waals surface area contributed by atoms with Crippen LogP contribution in [0.3, 0.4) is 0 Å². The summed E-state index contributed by atoms with van der Waals surface area (Å²) in [6, 6.07) is 20.6. The zero-order chi connectivity index (χ0) is 24.8. The van der Waals surface area contributed by atoms with Gasteiger partial charge in [0.05, 0.1) is 29.8 Å². The monoisotopic (exact) mass is 470 g/mol. The predicted octanol–water partition coefficient (Wildman–Crippen LogP) is 6.02. The molecule has 0 aliphatic rings. The summed E-state index contributed by atoms with van der Waals surface area (Å²) in [6.45, 7) is -1.21. The summed E-state index contributed by atoms with van der Waals surface area (Å²) in [5.41, 5.74) is 1.87. The smallest absolute Gasteiger partial charge is 0.229 e. The molecular formula is C26H17F3N6. The van der Waals surface area contributed by atoms with Gasteiger partial charge in [0.25, 0.3) is 0 Å². The maximum Gasteiger partial charge on any atom is 0.229 e. The standard InChI is InChI=1S/C26H17F3N6/c27-10-12-35(24-9-11-32-26(34-24)33-21-7-3-18(16-31)4-8-21)25-22(28)13-20(14-23(25)29)19-5-1-17(15-30)2-6-19/h1-9,11,13-14H,10,12H2,(H,32,33,34). The highest BCUT2D eigenvalue weighted by molar-refractivity contribution is 5.71. The molecule has 4 rings (SSSR count). The summed E-state index contributed by atoms with van der Waals surface area (Å²) in [5, 5.41) is 20.8. The molecule has 6 nitrogen and oxygen atoms in total. The first-order chi connectivity index (χ1) is 17.0. The molecule has 1 heterocycles. The van der Waals surface area contributed by atoms with Crippen LogP contribution in [0, 0.1) is 34.3 Å². The second kappa shape index (κ2) is 10.4. The highest BCUT2D eigenvalue weighted by Crippen LogP contribution is 2.34. The topological polar surface area (TPSA) is 88.6 Å². The van der Waals surface area contributed by atoms with E-state index >= 15 is 8.78 Å². The first-order valence-corrected chi connectivity index (χ1v) is 10.5. The Bertz CT molecular complexity index is 1400. The van der Waals surface area contributed by atoms with E-state index in [1.165, 1.54) is 12.3 Å². The van der Waals surface area contributed by atoms with Crippen molar-refractivity contribution in [2.75, 3.05) is 23.4 Å². The highest BCUT2D eigenvalue weighted by Gasteiger charge is 2.21. The van der Waals surface area contributed by atoms with Gasteiger partial charge in [-0.1, -0.05) is 12.1 Å². The molecule has 1 aromatic heterocycles. The minimum atomic E-state index is -0.891. The van der Waals surface area contributed by atoms with Crippen LogP contribution < -0.4 is 10.2 Å². The van der Waals surface area contributed by atoms with Gasteiger partial charge in [-0.25, -0.2) is 18.2 Å². The van der Waals surface area contributed by atoms with Gasteiger partial charge in [-0.15, -0.1) is 0 Å². The fraction of sp³-hybridized carbons (Fsp3) is 0.0769. The van der Waals surface area contributed by atoms with Crippen LogP contribution in [0.5, 0.6) is 0 Å². The summed E-state index contributed by atoms with van der Waals surface area (Å²) in [7, 11) is 0. The van der Waals surface area contributed by atoms with Crippen molar-refractivity contribution in [3.8, 4) is 23.3 Å². The van der Waals surface area contributed by atoms with Crippen molar-refractivity contribution < 1.29 is 13.2 Å². The summed E-state index contributed by atoms with van der Waals surface area (Å²) in [6.07, 6.45) is 1.39. The van der Waals surface area contributed by atoms with Gasteiger partial charge in [0.2, 0.25) is 5.95 Å². The number of nitrogens with one attached hydrogen (secondary N) is 1. The lowest BCUT2D eigenvalue weighted by Crippen LogP contribution is -2.23. The van der Waals surface area contributed by atoms with Gasteiger partial charge in [-0.3, -0.25) is 0 Å². The molecule has 35 heavy (non-hydrogen) atoms. The van der Waals surface area contributed by atoms with E-state index in [4.69, 9.17) is 10.5 Å². The molecule has 0 saturated carbocycles. The molecular weight excluding hydrogens is 453 g/mol. The van der Waals surface area contributed by atoms with E-state index in [-0.39, 0.29) is 23.9 Å². The van der Waals surface area contributed by atoms with Gasteiger partial charge in [0, 0.05) is 11.9 Å². The van der Waals surface area contributed by atoms with Gasteiger partial charge in [0.1, 0.15) is 18.2 Å². The lowest BCUT2D eigenvalue weighted by atomic mass is 10.0. The summed E-state index contributed by atoms with van der Waals surface area (Å²) >= 11 is 0. The molecule has 4 aromatic rings. The van der Waals surface area contributed by atoms with Crippen LogP contribution in [0.15, 0.2) is 72.9 Å². The van der Waals surface area contributed by atoms with Crippen LogP contribution in [0.25, 0.3) is 11.1 Å². The molecule has 0 amide bonds.